The Labute approximate surface area is 109 Å². The van der Waals surface area contributed by atoms with Crippen LogP contribution >= 0.6 is 0 Å². The molecular weight excluding hydrogens is 222 g/mol. The van der Waals surface area contributed by atoms with Crippen LogP contribution in [-0.2, 0) is 6.42 Å². The second-order valence-corrected chi connectivity index (χ2v) is 5.84. The van der Waals surface area contributed by atoms with Gasteiger partial charge in [-0.3, -0.25) is 0 Å². The summed E-state index contributed by atoms with van der Waals surface area (Å²) in [6.45, 7) is 0. The molecular formula is C16H23NO. The van der Waals surface area contributed by atoms with Gasteiger partial charge in [-0.1, -0.05) is 37.5 Å². The van der Waals surface area contributed by atoms with Crippen LogP contribution in [0.5, 0.6) is 0 Å². The summed E-state index contributed by atoms with van der Waals surface area (Å²) in [5.41, 5.74) is 2.62. The summed E-state index contributed by atoms with van der Waals surface area (Å²) in [7, 11) is 0. The monoisotopic (exact) mass is 245 g/mol. The van der Waals surface area contributed by atoms with E-state index in [1.165, 1.54) is 43.4 Å². The SMILES string of the molecule is OC(C1CCCCC1)C1CCc2ccccc2N1. The largest absolute Gasteiger partial charge is 0.391 e. The van der Waals surface area contributed by atoms with Gasteiger partial charge in [-0.25, -0.2) is 0 Å². The number of hydrogen-bond acceptors (Lipinski definition) is 2. The second kappa shape index (κ2) is 5.31. The molecule has 0 saturated heterocycles. The zero-order valence-corrected chi connectivity index (χ0v) is 10.9. The van der Waals surface area contributed by atoms with Gasteiger partial charge in [0.1, 0.15) is 0 Å². The maximum absolute atomic E-state index is 10.6. The third-order valence-electron chi connectivity index (χ3n) is 4.63. The molecule has 0 bridgehead atoms. The highest BCUT2D eigenvalue weighted by atomic mass is 16.3. The van der Waals surface area contributed by atoms with Gasteiger partial charge in [-0.2, -0.15) is 0 Å². The van der Waals surface area contributed by atoms with Crippen LogP contribution in [0, 0.1) is 5.92 Å². The topological polar surface area (TPSA) is 32.3 Å². The molecule has 2 atom stereocenters. The van der Waals surface area contributed by atoms with Crippen molar-refractivity contribution in [1.29, 1.82) is 0 Å². The maximum atomic E-state index is 10.6. The Balaban J connectivity index is 1.67. The average molecular weight is 245 g/mol. The number of rotatable bonds is 2. The Morgan fingerprint density at radius 3 is 2.67 bits per heavy atom. The first-order chi connectivity index (χ1) is 8.84. The van der Waals surface area contributed by atoms with Crippen LogP contribution in [0.25, 0.3) is 0 Å². The van der Waals surface area contributed by atoms with Gasteiger partial charge in [0, 0.05) is 5.69 Å². The molecule has 98 valence electrons. The third kappa shape index (κ3) is 2.39. The number of anilines is 1. The zero-order chi connectivity index (χ0) is 12.4. The van der Waals surface area contributed by atoms with Crippen molar-refractivity contribution in [1.82, 2.24) is 0 Å². The molecule has 0 amide bonds. The smallest absolute Gasteiger partial charge is 0.0769 e. The van der Waals surface area contributed by atoms with E-state index >= 15 is 0 Å². The number of fused-ring (bicyclic) bond motifs is 1. The number of benzene rings is 1. The lowest BCUT2D eigenvalue weighted by atomic mass is 9.80. The van der Waals surface area contributed by atoms with Gasteiger partial charge in [0.2, 0.25) is 0 Å². The van der Waals surface area contributed by atoms with Crippen LogP contribution in [0.1, 0.15) is 44.1 Å². The normalized spacial score (nSPS) is 26.2. The second-order valence-electron chi connectivity index (χ2n) is 5.84. The lowest BCUT2D eigenvalue weighted by Crippen LogP contribution is -2.42. The molecule has 1 aliphatic heterocycles. The van der Waals surface area contributed by atoms with Crippen molar-refractivity contribution in [2.75, 3.05) is 5.32 Å². The van der Waals surface area contributed by atoms with E-state index in [1.54, 1.807) is 0 Å². The van der Waals surface area contributed by atoms with Crippen molar-refractivity contribution >= 4 is 5.69 Å². The highest BCUT2D eigenvalue weighted by molar-refractivity contribution is 5.53. The molecule has 1 aromatic carbocycles. The van der Waals surface area contributed by atoms with Gasteiger partial charge in [-0.15, -0.1) is 0 Å². The summed E-state index contributed by atoms with van der Waals surface area (Å²) >= 11 is 0. The quantitative estimate of drug-likeness (QED) is 0.837. The van der Waals surface area contributed by atoms with E-state index in [0.29, 0.717) is 5.92 Å². The minimum atomic E-state index is -0.168. The molecule has 1 aliphatic carbocycles. The van der Waals surface area contributed by atoms with E-state index in [2.05, 4.69) is 29.6 Å². The lowest BCUT2D eigenvalue weighted by molar-refractivity contribution is 0.0646. The lowest BCUT2D eigenvalue weighted by Gasteiger charge is -2.36. The molecule has 0 radical (unpaired) electrons. The van der Waals surface area contributed by atoms with Crippen LogP contribution in [0.3, 0.4) is 0 Å². The Hall–Kier alpha value is -1.02. The van der Waals surface area contributed by atoms with E-state index in [4.69, 9.17) is 0 Å². The molecule has 0 aromatic heterocycles. The van der Waals surface area contributed by atoms with E-state index < -0.39 is 0 Å². The molecule has 2 nitrogen and oxygen atoms in total. The van der Waals surface area contributed by atoms with Gasteiger partial charge >= 0.3 is 0 Å². The van der Waals surface area contributed by atoms with Crippen LogP contribution in [-0.4, -0.2) is 17.3 Å². The third-order valence-corrected chi connectivity index (χ3v) is 4.63. The minimum absolute atomic E-state index is 0.168. The molecule has 1 saturated carbocycles. The number of aliphatic hydroxyl groups is 1. The van der Waals surface area contributed by atoms with E-state index in [0.717, 1.165) is 12.8 Å². The van der Waals surface area contributed by atoms with Crippen molar-refractivity contribution < 1.29 is 5.11 Å². The summed E-state index contributed by atoms with van der Waals surface area (Å²) in [4.78, 5) is 0. The summed E-state index contributed by atoms with van der Waals surface area (Å²) < 4.78 is 0. The van der Waals surface area contributed by atoms with Crippen molar-refractivity contribution in [2.45, 2.75) is 57.1 Å². The number of aryl methyl sites for hydroxylation is 1. The number of nitrogens with one attached hydrogen (secondary N) is 1. The Bertz CT molecular complexity index is 398. The van der Waals surface area contributed by atoms with Gasteiger partial charge < -0.3 is 10.4 Å². The zero-order valence-electron chi connectivity index (χ0n) is 10.9. The summed E-state index contributed by atoms with van der Waals surface area (Å²) in [5, 5.41) is 14.1. The maximum Gasteiger partial charge on any atom is 0.0769 e. The Kier molecular flexibility index (Phi) is 3.55. The van der Waals surface area contributed by atoms with Crippen LogP contribution in [0.4, 0.5) is 5.69 Å². The molecule has 1 fully saturated rings. The fourth-order valence-electron chi connectivity index (χ4n) is 3.52. The molecule has 2 N–H and O–H groups in total. The first-order valence-electron chi connectivity index (χ1n) is 7.37. The average Bonchev–Trinajstić information content (AvgIpc) is 2.47. The minimum Gasteiger partial charge on any atom is -0.391 e. The van der Waals surface area contributed by atoms with E-state index in [-0.39, 0.29) is 12.1 Å². The van der Waals surface area contributed by atoms with Gasteiger partial charge in [0.25, 0.3) is 0 Å². The molecule has 2 aliphatic rings. The molecule has 3 rings (SSSR count). The van der Waals surface area contributed by atoms with Gasteiger partial charge in [0.05, 0.1) is 12.1 Å². The van der Waals surface area contributed by atoms with E-state index in [1.807, 2.05) is 0 Å². The van der Waals surface area contributed by atoms with Gasteiger partial charge in [-0.05, 0) is 43.2 Å². The number of hydrogen-bond donors (Lipinski definition) is 2. The highest BCUT2D eigenvalue weighted by Gasteiger charge is 2.30. The van der Waals surface area contributed by atoms with Crippen LogP contribution in [0.2, 0.25) is 0 Å². The number of aliphatic hydroxyl groups excluding tert-OH is 1. The fourth-order valence-corrected chi connectivity index (χ4v) is 3.52. The predicted octanol–water partition coefficient (Wildman–Crippen LogP) is 3.35. The fraction of sp³-hybridized carbons (Fsp3) is 0.625. The molecule has 2 heteroatoms. The highest BCUT2D eigenvalue weighted by Crippen LogP contribution is 2.32. The first-order valence-corrected chi connectivity index (χ1v) is 7.37. The molecule has 0 spiro atoms. The van der Waals surface area contributed by atoms with Crippen LogP contribution in [0.15, 0.2) is 24.3 Å². The molecule has 1 heterocycles. The first kappa shape index (κ1) is 12.0. The standard InChI is InChI=1S/C16H23NO/c18-16(13-7-2-1-3-8-13)15-11-10-12-6-4-5-9-14(12)17-15/h4-6,9,13,15-18H,1-3,7-8,10-11H2. The Morgan fingerprint density at radius 1 is 1.06 bits per heavy atom. The van der Waals surface area contributed by atoms with Gasteiger partial charge in [0.15, 0.2) is 0 Å². The van der Waals surface area contributed by atoms with Crippen LogP contribution < -0.4 is 5.32 Å². The molecule has 1 aromatic rings. The van der Waals surface area contributed by atoms with Crippen molar-refractivity contribution in [3.63, 3.8) is 0 Å². The summed E-state index contributed by atoms with van der Waals surface area (Å²) in [5.74, 6) is 0.515. The Morgan fingerprint density at radius 2 is 1.83 bits per heavy atom. The predicted molar refractivity (Wildman–Crippen MR) is 74.8 cm³/mol. The molecule has 2 unspecified atom stereocenters. The summed E-state index contributed by atoms with van der Waals surface area (Å²) in [6, 6.07) is 8.74. The molecule has 18 heavy (non-hydrogen) atoms. The van der Waals surface area contributed by atoms with Crippen molar-refractivity contribution in [2.24, 2.45) is 5.92 Å². The van der Waals surface area contributed by atoms with E-state index in [9.17, 15) is 5.11 Å². The van der Waals surface area contributed by atoms with Crippen molar-refractivity contribution in [3.8, 4) is 0 Å². The summed E-state index contributed by atoms with van der Waals surface area (Å²) in [6.07, 6.45) is 8.35. The number of para-hydroxylation sites is 1. The van der Waals surface area contributed by atoms with Crippen molar-refractivity contribution in [3.05, 3.63) is 29.8 Å².